The minimum absolute atomic E-state index is 0.0614. The van der Waals surface area contributed by atoms with Crippen LogP contribution in [0.25, 0.3) is 0 Å². The number of nitrogens with zero attached hydrogens (tertiary/aromatic N) is 1. The minimum Gasteiger partial charge on any atom is -0.345 e. The lowest BCUT2D eigenvalue weighted by molar-refractivity contribution is 0.0940. The number of nitrogens with one attached hydrogen (secondary N) is 2. The number of thiophene rings is 1. The van der Waals surface area contributed by atoms with Crippen molar-refractivity contribution in [1.29, 1.82) is 0 Å². The molecule has 1 amide bonds. The lowest BCUT2D eigenvalue weighted by Crippen LogP contribution is -2.26. The fourth-order valence-electron chi connectivity index (χ4n) is 1.59. The second-order valence-electron chi connectivity index (χ2n) is 3.92. The summed E-state index contributed by atoms with van der Waals surface area (Å²) in [6.45, 7) is 1.93. The number of hydrogen-bond acceptors (Lipinski definition) is 5. The number of pyridine rings is 1. The molecule has 0 radical (unpaired) electrons. The maximum atomic E-state index is 12.1. The Bertz CT molecular complexity index is 573. The topological polar surface area (TPSA) is 80.0 Å². The van der Waals surface area contributed by atoms with E-state index < -0.39 is 0 Å². The summed E-state index contributed by atoms with van der Waals surface area (Å²) in [6, 6.07) is 6.90. The number of halogens is 1. The van der Waals surface area contributed by atoms with Gasteiger partial charge in [0.15, 0.2) is 0 Å². The zero-order valence-electron chi connectivity index (χ0n) is 10.2. The molecule has 0 aliphatic rings. The highest BCUT2D eigenvalue weighted by Crippen LogP contribution is 2.19. The Labute approximate surface area is 119 Å². The predicted molar refractivity (Wildman–Crippen MR) is 77.3 cm³/mol. The van der Waals surface area contributed by atoms with Crippen molar-refractivity contribution in [3.8, 4) is 0 Å². The van der Waals surface area contributed by atoms with Gasteiger partial charge >= 0.3 is 0 Å². The van der Waals surface area contributed by atoms with Crippen LogP contribution in [0.15, 0.2) is 29.6 Å². The molecule has 100 valence electrons. The first-order chi connectivity index (χ1) is 9.10. The van der Waals surface area contributed by atoms with E-state index in [1.165, 1.54) is 6.07 Å². The number of carbonyl (C=O) groups excluding carboxylic acids is 1. The number of anilines is 1. The third-order valence-corrected chi connectivity index (χ3v) is 3.77. The Morgan fingerprint density at radius 3 is 2.95 bits per heavy atom. The van der Waals surface area contributed by atoms with Gasteiger partial charge in [-0.15, -0.1) is 11.3 Å². The van der Waals surface area contributed by atoms with Gasteiger partial charge in [-0.1, -0.05) is 17.7 Å². The van der Waals surface area contributed by atoms with E-state index >= 15 is 0 Å². The van der Waals surface area contributed by atoms with Crippen LogP contribution in [0.3, 0.4) is 0 Å². The van der Waals surface area contributed by atoms with Crippen molar-refractivity contribution in [2.24, 2.45) is 5.84 Å². The standard InChI is InChI=1S/C12H13ClN4OS/c1-7(9-3-2-4-19-9)15-12(18)8-5-10(13)16-11(6-8)17-14/h2-7H,14H2,1H3,(H,15,18)(H,16,17). The molecule has 5 nitrogen and oxygen atoms in total. The molecular weight excluding hydrogens is 284 g/mol. The molecule has 4 N–H and O–H groups in total. The summed E-state index contributed by atoms with van der Waals surface area (Å²) in [6.07, 6.45) is 0. The van der Waals surface area contributed by atoms with E-state index in [4.69, 9.17) is 17.4 Å². The number of hydrazine groups is 1. The molecule has 19 heavy (non-hydrogen) atoms. The van der Waals surface area contributed by atoms with E-state index in [9.17, 15) is 4.79 Å². The van der Waals surface area contributed by atoms with Gasteiger partial charge in [0.1, 0.15) is 11.0 Å². The summed E-state index contributed by atoms with van der Waals surface area (Å²) in [5.74, 6) is 5.39. The highest BCUT2D eigenvalue weighted by molar-refractivity contribution is 7.10. The molecule has 2 heterocycles. The minimum atomic E-state index is -0.221. The quantitative estimate of drug-likeness (QED) is 0.460. The first-order valence-electron chi connectivity index (χ1n) is 5.58. The van der Waals surface area contributed by atoms with Gasteiger partial charge in [-0.2, -0.15) is 0 Å². The molecule has 0 saturated carbocycles. The molecule has 2 aromatic rings. The summed E-state index contributed by atoms with van der Waals surface area (Å²) >= 11 is 7.42. The molecule has 7 heteroatoms. The molecule has 0 spiro atoms. The number of rotatable bonds is 4. The molecule has 1 atom stereocenters. The average molecular weight is 297 g/mol. The fraction of sp³-hybridized carbons (Fsp3) is 0.167. The third kappa shape index (κ3) is 3.44. The molecule has 2 rings (SSSR count). The first kappa shape index (κ1) is 13.8. The smallest absolute Gasteiger partial charge is 0.252 e. The van der Waals surface area contributed by atoms with E-state index in [1.807, 2.05) is 24.4 Å². The molecule has 0 bridgehead atoms. The lowest BCUT2D eigenvalue weighted by Gasteiger charge is -2.12. The summed E-state index contributed by atoms with van der Waals surface area (Å²) in [4.78, 5) is 17.1. The van der Waals surface area contributed by atoms with E-state index in [1.54, 1.807) is 17.4 Å². The molecule has 0 aliphatic heterocycles. The summed E-state index contributed by atoms with van der Waals surface area (Å²) in [7, 11) is 0. The lowest BCUT2D eigenvalue weighted by atomic mass is 10.2. The number of aromatic nitrogens is 1. The van der Waals surface area contributed by atoms with Crippen molar-refractivity contribution in [2.75, 3.05) is 5.43 Å². The number of nitrogen functional groups attached to an aromatic ring is 1. The summed E-state index contributed by atoms with van der Waals surface area (Å²) < 4.78 is 0. The Morgan fingerprint density at radius 2 is 2.32 bits per heavy atom. The number of carbonyl (C=O) groups is 1. The van der Waals surface area contributed by atoms with Crippen LogP contribution in [0.5, 0.6) is 0 Å². The molecule has 0 aliphatic carbocycles. The van der Waals surface area contributed by atoms with E-state index in [0.717, 1.165) is 4.88 Å². The number of nitrogens with two attached hydrogens (primary N) is 1. The van der Waals surface area contributed by atoms with E-state index in [-0.39, 0.29) is 17.1 Å². The Kier molecular flexibility index (Phi) is 4.36. The molecule has 0 fully saturated rings. The Balaban J connectivity index is 2.13. The van der Waals surface area contributed by atoms with Gasteiger partial charge in [0.05, 0.1) is 6.04 Å². The SMILES string of the molecule is CC(NC(=O)c1cc(Cl)nc(NN)c1)c1cccs1. The van der Waals surface area contributed by atoms with Gasteiger partial charge < -0.3 is 10.7 Å². The zero-order valence-corrected chi connectivity index (χ0v) is 11.8. The zero-order chi connectivity index (χ0) is 13.8. The van der Waals surface area contributed by atoms with Crippen molar-refractivity contribution in [2.45, 2.75) is 13.0 Å². The number of hydrogen-bond donors (Lipinski definition) is 3. The molecule has 0 saturated heterocycles. The highest BCUT2D eigenvalue weighted by atomic mass is 35.5. The number of amides is 1. The van der Waals surface area contributed by atoms with Crippen LogP contribution in [-0.2, 0) is 0 Å². The molecule has 0 aromatic carbocycles. The largest absolute Gasteiger partial charge is 0.345 e. The van der Waals surface area contributed by atoms with E-state index in [0.29, 0.717) is 11.4 Å². The van der Waals surface area contributed by atoms with Crippen LogP contribution in [0, 0.1) is 0 Å². The van der Waals surface area contributed by atoms with Gasteiger partial charge in [0.2, 0.25) is 0 Å². The summed E-state index contributed by atoms with van der Waals surface area (Å²) in [5, 5.41) is 5.08. The first-order valence-corrected chi connectivity index (χ1v) is 6.84. The highest BCUT2D eigenvalue weighted by Gasteiger charge is 2.13. The van der Waals surface area contributed by atoms with Crippen LogP contribution in [0.1, 0.15) is 28.2 Å². The molecule has 2 aromatic heterocycles. The van der Waals surface area contributed by atoms with Crippen molar-refractivity contribution in [3.05, 3.63) is 45.2 Å². The van der Waals surface area contributed by atoms with Crippen LogP contribution in [0.4, 0.5) is 5.82 Å². The van der Waals surface area contributed by atoms with Gasteiger partial charge in [-0.25, -0.2) is 10.8 Å². The fourth-order valence-corrected chi connectivity index (χ4v) is 2.53. The monoisotopic (exact) mass is 296 g/mol. The molecule has 1 unspecified atom stereocenters. The maximum Gasteiger partial charge on any atom is 0.252 e. The van der Waals surface area contributed by atoms with Gasteiger partial charge in [0, 0.05) is 10.4 Å². The van der Waals surface area contributed by atoms with Gasteiger partial charge in [-0.3, -0.25) is 4.79 Å². The third-order valence-electron chi connectivity index (χ3n) is 2.52. The van der Waals surface area contributed by atoms with Gasteiger partial charge in [-0.05, 0) is 30.5 Å². The van der Waals surface area contributed by atoms with Crippen LogP contribution in [0.2, 0.25) is 5.15 Å². The Morgan fingerprint density at radius 1 is 1.53 bits per heavy atom. The molecular formula is C12H13ClN4OS. The van der Waals surface area contributed by atoms with Crippen molar-refractivity contribution >= 4 is 34.7 Å². The average Bonchev–Trinajstić information content (AvgIpc) is 2.91. The summed E-state index contributed by atoms with van der Waals surface area (Å²) in [5.41, 5.74) is 2.78. The van der Waals surface area contributed by atoms with E-state index in [2.05, 4.69) is 15.7 Å². The van der Waals surface area contributed by atoms with Crippen LogP contribution in [-0.4, -0.2) is 10.9 Å². The predicted octanol–water partition coefficient (Wildman–Crippen LogP) is 2.57. The maximum absolute atomic E-state index is 12.1. The second kappa shape index (κ2) is 6.01. The van der Waals surface area contributed by atoms with Crippen LogP contribution >= 0.6 is 22.9 Å². The normalized spacial score (nSPS) is 11.9. The van der Waals surface area contributed by atoms with Crippen LogP contribution < -0.4 is 16.6 Å². The second-order valence-corrected chi connectivity index (χ2v) is 5.29. The van der Waals surface area contributed by atoms with Gasteiger partial charge in [0.25, 0.3) is 5.91 Å². The van der Waals surface area contributed by atoms with Crippen molar-refractivity contribution < 1.29 is 4.79 Å². The van der Waals surface area contributed by atoms with Crippen molar-refractivity contribution in [1.82, 2.24) is 10.3 Å². The van der Waals surface area contributed by atoms with Crippen molar-refractivity contribution in [3.63, 3.8) is 0 Å². The Hall–Kier alpha value is -1.63.